The van der Waals surface area contributed by atoms with Gasteiger partial charge in [-0.05, 0) is 11.5 Å². The van der Waals surface area contributed by atoms with Crippen molar-refractivity contribution < 1.29 is 22.1 Å². The van der Waals surface area contributed by atoms with E-state index in [0.717, 1.165) is 6.54 Å². The Bertz CT molecular complexity index is 617. The number of unbranched alkanes of at least 4 members (excludes halogenated alkanes) is 1. The zero-order chi connectivity index (χ0) is 14.3. The summed E-state index contributed by atoms with van der Waals surface area (Å²) in [6, 6.07) is 10.7. The first kappa shape index (κ1) is 15.6. The van der Waals surface area contributed by atoms with E-state index in [9.17, 15) is 0 Å². The van der Waals surface area contributed by atoms with Crippen LogP contribution in [-0.4, -0.2) is 17.5 Å². The lowest BCUT2D eigenvalue weighted by atomic mass is 10.2. The molecule has 2 rings (SSSR count). The number of hydrogen-bond acceptors (Lipinski definition) is 3. The highest BCUT2D eigenvalue weighted by Crippen LogP contribution is 2.09. The van der Waals surface area contributed by atoms with Crippen molar-refractivity contribution in [1.82, 2.24) is 0 Å². The fraction of sp³-hybridized carbons (Fsp3) is 0.308. The lowest BCUT2D eigenvalue weighted by Crippen LogP contribution is -2.32. The first-order valence-electron chi connectivity index (χ1n) is 5.96. The molecule has 6 heteroatoms. The van der Waals surface area contributed by atoms with E-state index in [1.807, 2.05) is 0 Å². The maximum absolute atomic E-state index is 8.63. The van der Waals surface area contributed by atoms with Gasteiger partial charge < -0.3 is 4.55 Å². The summed E-state index contributed by atoms with van der Waals surface area (Å²) in [5, 5.41) is 2.64. The summed E-state index contributed by atoms with van der Waals surface area (Å²) in [4.78, 5) is 0. The van der Waals surface area contributed by atoms with Crippen molar-refractivity contribution in [2.45, 2.75) is 26.3 Å². The summed E-state index contributed by atoms with van der Waals surface area (Å²) >= 11 is 0. The molecule has 1 aromatic heterocycles. The third-order valence-corrected chi connectivity index (χ3v) is 2.52. The van der Waals surface area contributed by atoms with Crippen LogP contribution in [0.4, 0.5) is 0 Å². The average Bonchev–Trinajstić information content (AvgIpc) is 2.34. The Morgan fingerprint density at radius 1 is 1.21 bits per heavy atom. The highest BCUT2D eigenvalue weighted by molar-refractivity contribution is 7.79. The smallest absolute Gasteiger partial charge is 0.215 e. The maximum atomic E-state index is 8.63. The molecule has 0 amide bonds. The minimum atomic E-state index is -4.92. The Morgan fingerprint density at radius 3 is 2.37 bits per heavy atom. The standard InChI is InChI=1S/C13H16N.H2O4S/c1-2-3-9-14-10-8-12-6-4-5-7-13(12)11-14;1-5(2,3)4/h4-8,10-11H,2-3,9H2,1H3;(H2,1,2,3,4)/q+1;/p-1. The molecule has 0 aliphatic rings. The fourth-order valence-corrected chi connectivity index (χ4v) is 1.66. The summed E-state index contributed by atoms with van der Waals surface area (Å²) in [6.07, 6.45) is 6.89. The van der Waals surface area contributed by atoms with Crippen LogP contribution in [0.3, 0.4) is 0 Å². The third kappa shape index (κ3) is 6.85. The van der Waals surface area contributed by atoms with Gasteiger partial charge in [-0.15, -0.1) is 0 Å². The van der Waals surface area contributed by atoms with E-state index in [4.69, 9.17) is 17.5 Å². The molecule has 0 spiro atoms. The summed E-state index contributed by atoms with van der Waals surface area (Å²) in [7, 11) is -4.92. The van der Waals surface area contributed by atoms with Gasteiger partial charge in [-0.1, -0.05) is 31.5 Å². The second-order valence-corrected chi connectivity index (χ2v) is 4.95. The van der Waals surface area contributed by atoms with Crippen LogP contribution in [0.25, 0.3) is 10.8 Å². The van der Waals surface area contributed by atoms with Gasteiger partial charge in [0.2, 0.25) is 10.4 Å². The molecule has 1 N–H and O–H groups in total. The first-order valence-corrected chi connectivity index (χ1v) is 7.33. The molecule has 104 valence electrons. The quantitative estimate of drug-likeness (QED) is 0.530. The lowest BCUT2D eigenvalue weighted by Gasteiger charge is -1.97. The number of rotatable bonds is 3. The predicted molar refractivity (Wildman–Crippen MR) is 71.4 cm³/mol. The van der Waals surface area contributed by atoms with Crippen molar-refractivity contribution in [3.8, 4) is 0 Å². The van der Waals surface area contributed by atoms with Gasteiger partial charge in [-0.3, -0.25) is 4.55 Å². The van der Waals surface area contributed by atoms with E-state index >= 15 is 0 Å². The van der Waals surface area contributed by atoms with Crippen LogP contribution in [0.2, 0.25) is 0 Å². The molecule has 0 aliphatic carbocycles. The van der Waals surface area contributed by atoms with Crippen molar-refractivity contribution in [1.29, 1.82) is 0 Å². The minimum absolute atomic E-state index is 1.13. The fourth-order valence-electron chi connectivity index (χ4n) is 1.66. The largest absolute Gasteiger partial charge is 0.726 e. The van der Waals surface area contributed by atoms with E-state index in [2.05, 4.69) is 54.2 Å². The van der Waals surface area contributed by atoms with E-state index in [1.54, 1.807) is 0 Å². The molecule has 0 unspecified atom stereocenters. The maximum Gasteiger partial charge on any atom is 0.215 e. The number of hydrogen-bond donors (Lipinski definition) is 1. The Morgan fingerprint density at radius 2 is 1.79 bits per heavy atom. The van der Waals surface area contributed by atoms with Gasteiger partial charge in [0.25, 0.3) is 0 Å². The molecule has 0 saturated carbocycles. The van der Waals surface area contributed by atoms with Crippen LogP contribution in [0.5, 0.6) is 0 Å². The number of nitrogens with zero attached hydrogens (tertiary/aromatic N) is 1. The molecular formula is C13H17NO4S. The van der Waals surface area contributed by atoms with Gasteiger partial charge >= 0.3 is 0 Å². The van der Waals surface area contributed by atoms with Crippen molar-refractivity contribution in [3.05, 3.63) is 42.7 Å². The van der Waals surface area contributed by atoms with E-state index in [0.29, 0.717) is 0 Å². The Hall–Kier alpha value is -1.50. The van der Waals surface area contributed by atoms with Gasteiger partial charge in [0.15, 0.2) is 12.4 Å². The third-order valence-electron chi connectivity index (χ3n) is 2.52. The van der Waals surface area contributed by atoms with Crippen molar-refractivity contribution in [2.75, 3.05) is 0 Å². The monoisotopic (exact) mass is 283 g/mol. The molecule has 0 fully saturated rings. The number of benzene rings is 1. The average molecular weight is 283 g/mol. The Balaban J connectivity index is 0.000000312. The van der Waals surface area contributed by atoms with Crippen molar-refractivity contribution in [3.63, 3.8) is 0 Å². The first-order chi connectivity index (χ1) is 8.90. The van der Waals surface area contributed by atoms with Crippen LogP contribution >= 0.6 is 0 Å². The molecule has 0 aliphatic heterocycles. The highest BCUT2D eigenvalue weighted by atomic mass is 32.3. The molecule has 5 nitrogen and oxygen atoms in total. The van der Waals surface area contributed by atoms with Crippen molar-refractivity contribution >= 4 is 21.2 Å². The number of fused-ring (bicyclic) bond motifs is 1. The minimum Gasteiger partial charge on any atom is -0.726 e. The van der Waals surface area contributed by atoms with Crippen molar-refractivity contribution in [2.24, 2.45) is 0 Å². The van der Waals surface area contributed by atoms with Gasteiger partial charge in [-0.25, -0.2) is 13.0 Å². The van der Waals surface area contributed by atoms with Gasteiger partial charge in [0.05, 0.1) is 0 Å². The number of aromatic nitrogens is 1. The van der Waals surface area contributed by atoms with E-state index in [-0.39, 0.29) is 0 Å². The van der Waals surface area contributed by atoms with Crippen LogP contribution in [0.15, 0.2) is 42.7 Å². The number of pyridine rings is 1. The summed E-state index contributed by atoms with van der Waals surface area (Å²) in [6.45, 7) is 3.35. The summed E-state index contributed by atoms with van der Waals surface area (Å²) < 4.78 is 35.1. The van der Waals surface area contributed by atoms with E-state index in [1.165, 1.54) is 23.6 Å². The number of aryl methyl sites for hydroxylation is 1. The Labute approximate surface area is 113 Å². The normalized spacial score (nSPS) is 10.9. The zero-order valence-corrected chi connectivity index (χ0v) is 11.5. The SMILES string of the molecule is CCCC[n+]1ccc2ccccc2c1.O=S(=O)([O-])O. The van der Waals surface area contributed by atoms with Gasteiger partial charge in [0.1, 0.15) is 6.54 Å². The molecule has 1 heterocycles. The zero-order valence-electron chi connectivity index (χ0n) is 10.7. The molecule has 0 radical (unpaired) electrons. The summed E-state index contributed by atoms with van der Waals surface area (Å²) in [5.41, 5.74) is 0. The summed E-state index contributed by atoms with van der Waals surface area (Å²) in [5.74, 6) is 0. The lowest BCUT2D eigenvalue weighted by molar-refractivity contribution is -0.696. The molecule has 0 atom stereocenters. The second-order valence-electron chi connectivity index (χ2n) is 4.09. The van der Waals surface area contributed by atoms with Crippen LogP contribution in [-0.2, 0) is 16.9 Å². The van der Waals surface area contributed by atoms with Gasteiger partial charge in [-0.2, -0.15) is 0 Å². The molecule has 2 aromatic rings. The Kier molecular flexibility index (Phi) is 5.88. The molecular weight excluding hydrogens is 266 g/mol. The topological polar surface area (TPSA) is 81.3 Å². The van der Waals surface area contributed by atoms with Crippen LogP contribution in [0.1, 0.15) is 19.8 Å². The highest BCUT2D eigenvalue weighted by Gasteiger charge is 2.00. The van der Waals surface area contributed by atoms with Crippen LogP contribution in [0, 0.1) is 0 Å². The van der Waals surface area contributed by atoms with Crippen LogP contribution < -0.4 is 4.57 Å². The molecule has 19 heavy (non-hydrogen) atoms. The molecule has 1 aromatic carbocycles. The van der Waals surface area contributed by atoms with E-state index < -0.39 is 10.4 Å². The molecule has 0 saturated heterocycles. The molecule has 0 bridgehead atoms. The predicted octanol–water partition coefficient (Wildman–Crippen LogP) is 1.93. The second kappa shape index (κ2) is 7.18. The van der Waals surface area contributed by atoms with Gasteiger partial charge in [0, 0.05) is 17.9 Å².